The van der Waals surface area contributed by atoms with Crippen molar-refractivity contribution in [3.8, 4) is 22.8 Å². The van der Waals surface area contributed by atoms with Gasteiger partial charge in [-0.1, -0.05) is 89.6 Å². The molecule has 0 aliphatic carbocycles. The summed E-state index contributed by atoms with van der Waals surface area (Å²) in [6.07, 6.45) is 0.256. The topological polar surface area (TPSA) is 60.1 Å². The molecule has 0 bridgehead atoms. The van der Waals surface area contributed by atoms with Crippen LogP contribution in [0.2, 0.25) is 5.02 Å². The van der Waals surface area contributed by atoms with Gasteiger partial charge in [-0.3, -0.25) is 0 Å². The van der Waals surface area contributed by atoms with Crippen molar-refractivity contribution >= 4 is 39.0 Å². The molecule has 0 saturated carbocycles. The fraction of sp³-hybridized carbons (Fsp3) is 0.118. The molecule has 200 valence electrons. The predicted octanol–water partition coefficient (Wildman–Crippen LogP) is 8.55. The minimum atomic E-state index is -0.478. The zero-order chi connectivity index (χ0) is 27.5. The summed E-state index contributed by atoms with van der Waals surface area (Å²) in [6, 6.07) is 34.5. The molecule has 0 N–H and O–H groups in total. The second-order valence-corrected chi connectivity index (χ2v) is 10.8. The van der Waals surface area contributed by atoms with Crippen molar-refractivity contribution in [2.45, 2.75) is 18.7 Å². The van der Waals surface area contributed by atoms with E-state index in [9.17, 15) is 0 Å². The number of aromatic nitrogens is 1. The van der Waals surface area contributed by atoms with Crippen LogP contribution in [0.25, 0.3) is 33.0 Å². The Hall–Kier alpha value is -4.81. The average Bonchev–Trinajstić information content (AvgIpc) is 3.65. The van der Waals surface area contributed by atoms with E-state index in [0.717, 1.165) is 67.6 Å². The minimum absolute atomic E-state index is 0.0137. The Kier molecular flexibility index (Phi) is 5.50. The van der Waals surface area contributed by atoms with Crippen LogP contribution in [0.1, 0.15) is 35.4 Å². The molecule has 0 fully saturated rings. The van der Waals surface area contributed by atoms with E-state index in [4.69, 9.17) is 30.7 Å². The normalized spacial score (nSPS) is 17.7. The van der Waals surface area contributed by atoms with Crippen LogP contribution < -0.4 is 9.47 Å². The third-order valence-corrected chi connectivity index (χ3v) is 8.25. The summed E-state index contributed by atoms with van der Waals surface area (Å²) < 4.78 is 18.4. The molecule has 0 spiro atoms. The van der Waals surface area contributed by atoms with Crippen molar-refractivity contribution in [3.05, 3.63) is 125 Å². The van der Waals surface area contributed by atoms with Gasteiger partial charge >= 0.3 is 0 Å². The number of fused-ring (bicyclic) bond motifs is 5. The van der Waals surface area contributed by atoms with Gasteiger partial charge < -0.3 is 14.0 Å². The highest BCUT2D eigenvalue weighted by Gasteiger charge is 2.42. The third-order valence-electron chi connectivity index (χ3n) is 8.00. The van der Waals surface area contributed by atoms with E-state index >= 15 is 0 Å². The van der Waals surface area contributed by atoms with Crippen LogP contribution in [0.3, 0.4) is 0 Å². The number of nitrogens with zero attached hydrogens (tertiary/aromatic N) is 3. The first-order valence-corrected chi connectivity index (χ1v) is 13.9. The van der Waals surface area contributed by atoms with Gasteiger partial charge in [-0.15, -0.1) is 0 Å². The first-order chi connectivity index (χ1) is 20.2. The van der Waals surface area contributed by atoms with E-state index in [1.807, 2.05) is 66.7 Å². The van der Waals surface area contributed by atoms with E-state index in [0.29, 0.717) is 10.8 Å². The molecule has 2 aliphatic heterocycles. The monoisotopic (exact) mass is 557 g/mol. The predicted molar refractivity (Wildman–Crippen MR) is 160 cm³/mol. The van der Waals surface area contributed by atoms with Gasteiger partial charge in [0.1, 0.15) is 5.52 Å². The lowest BCUT2D eigenvalue weighted by atomic mass is 9.95. The molecule has 0 radical (unpaired) electrons. The maximum atomic E-state index is 6.72. The minimum Gasteiger partial charge on any atom is -0.493 e. The van der Waals surface area contributed by atoms with E-state index in [1.54, 1.807) is 7.11 Å². The van der Waals surface area contributed by atoms with Gasteiger partial charge in [0.15, 0.2) is 17.3 Å². The number of rotatable bonds is 4. The summed E-state index contributed by atoms with van der Waals surface area (Å²) in [6.45, 7) is 0. The molecule has 0 saturated heterocycles. The van der Waals surface area contributed by atoms with E-state index in [2.05, 4.69) is 46.6 Å². The van der Waals surface area contributed by atoms with Crippen molar-refractivity contribution in [2.24, 2.45) is 5.10 Å². The molecule has 1 aromatic heterocycles. The van der Waals surface area contributed by atoms with Gasteiger partial charge in [0.25, 0.3) is 0 Å². The number of benzene rings is 5. The van der Waals surface area contributed by atoms with Crippen LogP contribution in [0.4, 0.5) is 0 Å². The van der Waals surface area contributed by atoms with Crippen molar-refractivity contribution < 1.29 is 14.0 Å². The molecule has 6 aromatic rings. The van der Waals surface area contributed by atoms with Crippen molar-refractivity contribution in [3.63, 3.8) is 0 Å². The van der Waals surface area contributed by atoms with Gasteiger partial charge in [-0.05, 0) is 46.7 Å². The second kappa shape index (κ2) is 9.39. The Bertz CT molecular complexity index is 1980. The SMILES string of the molecule is COc1cccc2c1OC(c1ccc3noc(-c4cccc5ccccc45)c3c1)N1N=C(c3ccc(Cl)cc3)CC21. The summed E-state index contributed by atoms with van der Waals surface area (Å²) in [4.78, 5) is 0. The molecule has 8 rings (SSSR count). The molecule has 7 heteroatoms. The molecule has 2 atom stereocenters. The third kappa shape index (κ3) is 3.86. The lowest BCUT2D eigenvalue weighted by molar-refractivity contribution is -0.0208. The van der Waals surface area contributed by atoms with Gasteiger partial charge in [0, 0.05) is 28.1 Å². The standard InChI is InChI=1S/C34H24ClN3O3/c1-39-31-11-5-10-26-30-19-29(21-12-15-23(35)16-13-21)36-38(30)34(40-33(26)31)22-14-17-28-27(18-22)32(41-37-28)25-9-4-7-20-6-2-3-8-24(20)25/h2-18,30,34H,19H2,1H3. The second-order valence-electron chi connectivity index (χ2n) is 10.3. The van der Waals surface area contributed by atoms with Crippen LogP contribution in [0, 0.1) is 0 Å². The Morgan fingerprint density at radius 3 is 2.59 bits per heavy atom. The molecule has 2 aliphatic rings. The lowest BCUT2D eigenvalue weighted by Crippen LogP contribution is -2.33. The largest absolute Gasteiger partial charge is 0.493 e. The van der Waals surface area contributed by atoms with Crippen LogP contribution in [-0.2, 0) is 0 Å². The summed E-state index contributed by atoms with van der Waals surface area (Å²) in [5.74, 6) is 2.18. The first-order valence-electron chi connectivity index (χ1n) is 13.5. The quantitative estimate of drug-likeness (QED) is 0.217. The highest BCUT2D eigenvalue weighted by molar-refractivity contribution is 6.30. The number of para-hydroxylation sites is 1. The lowest BCUT2D eigenvalue weighted by Gasteiger charge is -2.38. The molecule has 0 amide bonds. The molecule has 6 nitrogen and oxygen atoms in total. The van der Waals surface area contributed by atoms with Crippen molar-refractivity contribution in [1.82, 2.24) is 10.2 Å². The maximum Gasteiger partial charge on any atom is 0.214 e. The zero-order valence-electron chi connectivity index (χ0n) is 22.1. The van der Waals surface area contributed by atoms with Gasteiger partial charge in [0.2, 0.25) is 6.23 Å². The van der Waals surface area contributed by atoms with Crippen molar-refractivity contribution in [1.29, 1.82) is 0 Å². The summed E-state index contributed by atoms with van der Waals surface area (Å²) in [7, 11) is 1.67. The number of hydrazone groups is 1. The zero-order valence-corrected chi connectivity index (χ0v) is 22.9. The van der Waals surface area contributed by atoms with Crippen LogP contribution in [-0.4, -0.2) is 23.0 Å². The molecular formula is C34H24ClN3O3. The van der Waals surface area contributed by atoms with Crippen LogP contribution in [0.15, 0.2) is 113 Å². The highest BCUT2D eigenvalue weighted by atomic mass is 35.5. The summed E-state index contributed by atoms with van der Waals surface area (Å²) in [5.41, 5.74) is 5.81. The summed E-state index contributed by atoms with van der Waals surface area (Å²) >= 11 is 6.17. The Morgan fingerprint density at radius 2 is 1.71 bits per heavy atom. The molecule has 5 aromatic carbocycles. The van der Waals surface area contributed by atoms with E-state index in [-0.39, 0.29) is 6.04 Å². The summed E-state index contributed by atoms with van der Waals surface area (Å²) in [5, 5.41) is 15.5. The van der Waals surface area contributed by atoms with E-state index < -0.39 is 6.23 Å². The molecule has 2 unspecified atom stereocenters. The fourth-order valence-electron chi connectivity index (χ4n) is 6.01. The Labute approximate surface area is 241 Å². The highest BCUT2D eigenvalue weighted by Crippen LogP contribution is 2.51. The van der Waals surface area contributed by atoms with Gasteiger partial charge in [-0.25, -0.2) is 5.01 Å². The smallest absolute Gasteiger partial charge is 0.214 e. The maximum absolute atomic E-state index is 6.72. The fourth-order valence-corrected chi connectivity index (χ4v) is 6.14. The van der Waals surface area contributed by atoms with E-state index in [1.165, 1.54) is 0 Å². The number of hydrogen-bond donors (Lipinski definition) is 0. The van der Waals surface area contributed by atoms with Gasteiger partial charge in [0.05, 0.1) is 24.2 Å². The molecule has 41 heavy (non-hydrogen) atoms. The van der Waals surface area contributed by atoms with Crippen LogP contribution >= 0.6 is 11.6 Å². The van der Waals surface area contributed by atoms with Crippen LogP contribution in [0.5, 0.6) is 11.5 Å². The molecule has 3 heterocycles. The number of ether oxygens (including phenoxy) is 2. The molecular weight excluding hydrogens is 534 g/mol. The average molecular weight is 558 g/mol. The first kappa shape index (κ1) is 24.0. The number of halogens is 1. The van der Waals surface area contributed by atoms with Crippen molar-refractivity contribution in [2.75, 3.05) is 7.11 Å². The Morgan fingerprint density at radius 1 is 0.878 bits per heavy atom. The number of hydrogen-bond acceptors (Lipinski definition) is 6. The number of methoxy groups -OCH3 is 1. The van der Waals surface area contributed by atoms with Gasteiger partial charge in [-0.2, -0.15) is 5.10 Å². The Balaban J connectivity index is 1.27.